The van der Waals surface area contributed by atoms with E-state index in [9.17, 15) is 28.6 Å². The van der Waals surface area contributed by atoms with E-state index < -0.39 is 112 Å². The van der Waals surface area contributed by atoms with Crippen molar-refractivity contribution in [2.45, 2.75) is 59.3 Å². The molecular formula is C23H24F6N6O4. The van der Waals surface area contributed by atoms with Crippen molar-refractivity contribution in [1.82, 2.24) is 0 Å². The lowest BCUT2D eigenvalue weighted by atomic mass is 9.62. The Labute approximate surface area is 217 Å². The van der Waals surface area contributed by atoms with Gasteiger partial charge in [-0.25, -0.2) is 26.3 Å². The number of hydrogen-bond donors (Lipinski definition) is 2. The summed E-state index contributed by atoms with van der Waals surface area (Å²) < 4.78 is 91.1. The number of azide groups is 2. The van der Waals surface area contributed by atoms with Crippen LogP contribution in [-0.4, -0.2) is 34.5 Å². The first-order valence-electron chi connectivity index (χ1n) is 11.5. The van der Waals surface area contributed by atoms with Gasteiger partial charge in [0.05, 0.1) is 0 Å². The molecule has 0 aromatic carbocycles. The van der Waals surface area contributed by atoms with Crippen LogP contribution in [0.3, 0.4) is 0 Å². The molecule has 0 fully saturated rings. The smallest absolute Gasteiger partial charge is 0.317 e. The Kier molecular flexibility index (Phi) is 9.20. The van der Waals surface area contributed by atoms with Crippen LogP contribution in [0.25, 0.3) is 20.9 Å². The summed E-state index contributed by atoms with van der Waals surface area (Å²) in [5.74, 6) is -13.6. The van der Waals surface area contributed by atoms with E-state index in [1.165, 1.54) is 27.7 Å². The van der Waals surface area contributed by atoms with Gasteiger partial charge >= 0.3 is 11.9 Å². The summed E-state index contributed by atoms with van der Waals surface area (Å²) in [6, 6.07) is 0. The van der Waals surface area contributed by atoms with E-state index in [2.05, 4.69) is 20.1 Å². The number of carbonyl (C=O) groups is 2. The Bertz CT molecular complexity index is 1210. The molecule has 0 heterocycles. The fourth-order valence-corrected chi connectivity index (χ4v) is 5.44. The maximum atomic E-state index is 15.5. The molecule has 0 saturated heterocycles. The normalized spacial score (nSPS) is 27.7. The summed E-state index contributed by atoms with van der Waals surface area (Å²) in [6.07, 6.45) is -9.09. The highest BCUT2D eigenvalue weighted by Crippen LogP contribution is 2.56. The maximum absolute atomic E-state index is 15.5. The molecule has 2 aliphatic carbocycles. The van der Waals surface area contributed by atoms with Gasteiger partial charge in [-0.15, -0.1) is 0 Å². The third-order valence-electron chi connectivity index (χ3n) is 6.96. The summed E-state index contributed by atoms with van der Waals surface area (Å²) in [5, 5.41) is 25.6. The average molecular weight is 562 g/mol. The molecule has 0 aliphatic heterocycles. The molecule has 2 rings (SSSR count). The molecule has 2 N–H and O–H groups in total. The predicted octanol–water partition coefficient (Wildman–Crippen LogP) is 7.74. The Morgan fingerprint density at radius 2 is 1.10 bits per heavy atom. The van der Waals surface area contributed by atoms with Crippen LogP contribution in [0.15, 0.2) is 56.1 Å². The third-order valence-corrected chi connectivity index (χ3v) is 6.96. The quantitative estimate of drug-likeness (QED) is 0.120. The minimum absolute atomic E-state index is 0.805. The van der Waals surface area contributed by atoms with Gasteiger partial charge in [0.1, 0.15) is 45.5 Å². The molecule has 212 valence electrons. The molecule has 0 saturated carbocycles. The number of hydrogen-bond acceptors (Lipinski definition) is 4. The van der Waals surface area contributed by atoms with Gasteiger partial charge in [0.25, 0.3) is 0 Å². The van der Waals surface area contributed by atoms with Crippen molar-refractivity contribution in [2.75, 3.05) is 0 Å². The van der Waals surface area contributed by atoms with E-state index in [1.807, 2.05) is 0 Å². The number of allylic oxidation sites excluding steroid dienone is 4. The summed E-state index contributed by atoms with van der Waals surface area (Å²) in [5.41, 5.74) is 6.83. The van der Waals surface area contributed by atoms with E-state index in [-0.39, 0.29) is 0 Å². The highest BCUT2D eigenvalue weighted by molar-refractivity contribution is 5.83. The predicted molar refractivity (Wildman–Crippen MR) is 124 cm³/mol. The summed E-state index contributed by atoms with van der Waals surface area (Å²) >= 11 is 0. The standard InChI is InChI=1S/C23H24F6N6O4/c1-8(2)10-12(24)16(32-34-30)14(26)18(28)22(10,20(36)37)6-5-7-23(21(38)39)11(9(3)4)13(25)17(33-35-31)15(27)19(23)29/h8-9,18-19H,5-7H2,1-4H3,(H,36,37)(H,38,39). The number of carboxylic acid groups (broad SMARTS) is 2. The molecular weight excluding hydrogens is 538 g/mol. The molecule has 0 spiro atoms. The minimum Gasteiger partial charge on any atom is -0.480 e. The highest BCUT2D eigenvalue weighted by atomic mass is 19.2. The lowest BCUT2D eigenvalue weighted by Crippen LogP contribution is -2.48. The lowest BCUT2D eigenvalue weighted by molar-refractivity contribution is -0.152. The molecule has 39 heavy (non-hydrogen) atoms. The average Bonchev–Trinajstić information content (AvgIpc) is 2.84. The second kappa shape index (κ2) is 11.5. The summed E-state index contributed by atoms with van der Waals surface area (Å²) in [4.78, 5) is 29.2. The van der Waals surface area contributed by atoms with Gasteiger partial charge in [0.2, 0.25) is 0 Å². The van der Waals surface area contributed by atoms with Gasteiger partial charge in [0.15, 0.2) is 12.3 Å². The SMILES string of the molecule is CC(C)C1=C(F)C(N=[N+]=[N-])=C(F)C(F)C1(CCCC1(C(=O)O)C(C(C)C)=C(F)C(N=[N+]=[N-])=C(F)C1F)C(=O)O. The summed E-state index contributed by atoms with van der Waals surface area (Å²) in [7, 11) is 0. The van der Waals surface area contributed by atoms with Crippen LogP contribution in [0.2, 0.25) is 0 Å². The highest BCUT2D eigenvalue weighted by Gasteiger charge is 2.60. The molecule has 0 amide bonds. The molecule has 0 aromatic rings. The molecule has 0 bridgehead atoms. The van der Waals surface area contributed by atoms with Gasteiger partial charge < -0.3 is 10.2 Å². The van der Waals surface area contributed by atoms with E-state index in [0.717, 1.165) is 0 Å². The first kappa shape index (κ1) is 31.3. The van der Waals surface area contributed by atoms with Gasteiger partial charge in [-0.2, -0.15) is 0 Å². The second-order valence-electron chi connectivity index (χ2n) is 9.67. The molecule has 4 unspecified atom stereocenters. The van der Waals surface area contributed by atoms with Crippen molar-refractivity contribution in [3.8, 4) is 0 Å². The number of nitrogens with zero attached hydrogens (tertiary/aromatic N) is 6. The molecule has 4 atom stereocenters. The van der Waals surface area contributed by atoms with Crippen LogP contribution in [0.4, 0.5) is 26.3 Å². The van der Waals surface area contributed by atoms with Crippen LogP contribution in [0.5, 0.6) is 0 Å². The van der Waals surface area contributed by atoms with E-state index >= 15 is 17.6 Å². The zero-order chi connectivity index (χ0) is 30.0. The number of aliphatic carboxylic acids is 2. The molecule has 16 heteroatoms. The second-order valence-corrected chi connectivity index (χ2v) is 9.67. The van der Waals surface area contributed by atoms with Crippen LogP contribution in [-0.2, 0) is 9.59 Å². The number of halogens is 6. The van der Waals surface area contributed by atoms with Crippen molar-refractivity contribution >= 4 is 11.9 Å². The molecule has 10 nitrogen and oxygen atoms in total. The number of rotatable bonds is 10. The molecule has 2 aliphatic rings. The number of alkyl halides is 2. The van der Waals surface area contributed by atoms with E-state index in [4.69, 9.17) is 11.1 Å². The van der Waals surface area contributed by atoms with Gasteiger partial charge in [-0.1, -0.05) is 44.3 Å². The summed E-state index contributed by atoms with van der Waals surface area (Å²) in [6.45, 7) is 5.00. The van der Waals surface area contributed by atoms with Crippen molar-refractivity contribution in [2.24, 2.45) is 32.9 Å². The Morgan fingerprint density at radius 1 is 0.795 bits per heavy atom. The largest absolute Gasteiger partial charge is 0.480 e. The number of carboxylic acids is 2. The fraction of sp³-hybridized carbons (Fsp3) is 0.565. The van der Waals surface area contributed by atoms with Crippen LogP contribution in [0, 0.1) is 22.7 Å². The van der Waals surface area contributed by atoms with Crippen molar-refractivity contribution in [1.29, 1.82) is 0 Å². The van der Waals surface area contributed by atoms with Crippen molar-refractivity contribution < 1.29 is 46.1 Å². The zero-order valence-electron chi connectivity index (χ0n) is 21.1. The van der Waals surface area contributed by atoms with Gasteiger partial charge in [-0.05, 0) is 46.9 Å². The molecule has 0 aromatic heterocycles. The van der Waals surface area contributed by atoms with Gasteiger partial charge in [0, 0.05) is 9.82 Å². The topological polar surface area (TPSA) is 172 Å². The van der Waals surface area contributed by atoms with E-state index in [0.29, 0.717) is 0 Å². The van der Waals surface area contributed by atoms with Crippen LogP contribution in [0.1, 0.15) is 47.0 Å². The zero-order valence-corrected chi connectivity index (χ0v) is 21.1. The van der Waals surface area contributed by atoms with Crippen LogP contribution >= 0.6 is 0 Å². The van der Waals surface area contributed by atoms with E-state index in [1.54, 1.807) is 0 Å². The monoisotopic (exact) mass is 562 g/mol. The maximum Gasteiger partial charge on any atom is 0.317 e. The van der Waals surface area contributed by atoms with Gasteiger partial charge in [-0.3, -0.25) is 9.59 Å². The van der Waals surface area contributed by atoms with Crippen molar-refractivity contribution in [3.05, 3.63) is 66.7 Å². The third kappa shape index (κ3) is 4.74. The van der Waals surface area contributed by atoms with Crippen molar-refractivity contribution in [3.63, 3.8) is 0 Å². The fourth-order valence-electron chi connectivity index (χ4n) is 5.44. The minimum atomic E-state index is -3.11. The first-order chi connectivity index (χ1) is 18.1. The first-order valence-corrected chi connectivity index (χ1v) is 11.5. The Balaban J connectivity index is 2.72. The Morgan fingerprint density at radius 3 is 1.33 bits per heavy atom. The lowest BCUT2D eigenvalue weighted by Gasteiger charge is -2.42. The Hall–Kier alpha value is -3.90. The molecule has 0 radical (unpaired) electrons. The van der Waals surface area contributed by atoms with Crippen LogP contribution < -0.4 is 0 Å².